The van der Waals surface area contributed by atoms with Crippen molar-refractivity contribution in [2.24, 2.45) is 11.8 Å². The molecule has 0 saturated carbocycles. The molecule has 0 radical (unpaired) electrons. The third kappa shape index (κ3) is 5.21. The van der Waals surface area contributed by atoms with E-state index in [0.29, 0.717) is 11.8 Å². The largest absolute Gasteiger partial charge is 0.392 e. The smallest absolute Gasteiger partial charge is 0.225 e. The molecular weight excluding hydrogens is 278 g/mol. The van der Waals surface area contributed by atoms with Gasteiger partial charge in [0.1, 0.15) is 0 Å². The Morgan fingerprint density at radius 3 is 2.00 bits per heavy atom. The van der Waals surface area contributed by atoms with Gasteiger partial charge in [0.15, 0.2) is 0 Å². The zero-order valence-electron chi connectivity index (χ0n) is 14.5. The molecule has 1 N–H and O–H groups in total. The van der Waals surface area contributed by atoms with Gasteiger partial charge in [0.05, 0.1) is 6.10 Å². The van der Waals surface area contributed by atoms with Crippen LogP contribution in [0.15, 0.2) is 0 Å². The van der Waals surface area contributed by atoms with Crippen molar-refractivity contribution < 1.29 is 9.90 Å². The second-order valence-corrected chi connectivity index (χ2v) is 7.44. The molecule has 0 spiro atoms. The third-order valence-electron chi connectivity index (χ3n) is 4.77. The van der Waals surface area contributed by atoms with Crippen LogP contribution >= 0.6 is 0 Å². The number of amides is 1. The van der Waals surface area contributed by atoms with E-state index < -0.39 is 0 Å². The maximum atomic E-state index is 12.7. The van der Waals surface area contributed by atoms with E-state index in [4.69, 9.17) is 0 Å². The summed E-state index contributed by atoms with van der Waals surface area (Å²) in [5.41, 5.74) is 0. The van der Waals surface area contributed by atoms with Crippen LogP contribution in [0.25, 0.3) is 0 Å². The molecule has 2 aliphatic heterocycles. The SMILES string of the molecule is CC(C)CN1CCC(C(=O)N2CCN(C[C@H](C)O)CC2)CC1. The summed E-state index contributed by atoms with van der Waals surface area (Å²) in [6.45, 7) is 13.7. The Kier molecular flexibility index (Phi) is 6.66. The van der Waals surface area contributed by atoms with E-state index in [9.17, 15) is 9.90 Å². The molecule has 22 heavy (non-hydrogen) atoms. The van der Waals surface area contributed by atoms with Gasteiger partial charge in [0.2, 0.25) is 5.91 Å². The summed E-state index contributed by atoms with van der Waals surface area (Å²) in [5, 5.41) is 9.44. The topological polar surface area (TPSA) is 47.0 Å². The first-order valence-electron chi connectivity index (χ1n) is 8.87. The average Bonchev–Trinajstić information content (AvgIpc) is 2.47. The maximum Gasteiger partial charge on any atom is 0.225 e. The Morgan fingerprint density at radius 1 is 0.955 bits per heavy atom. The van der Waals surface area contributed by atoms with Gasteiger partial charge in [0, 0.05) is 45.2 Å². The Morgan fingerprint density at radius 2 is 1.50 bits per heavy atom. The van der Waals surface area contributed by atoms with Crippen molar-refractivity contribution in [3.8, 4) is 0 Å². The minimum Gasteiger partial charge on any atom is -0.392 e. The summed E-state index contributed by atoms with van der Waals surface area (Å²) in [4.78, 5) is 19.4. The molecule has 128 valence electrons. The van der Waals surface area contributed by atoms with E-state index in [-0.39, 0.29) is 12.0 Å². The number of piperazine rings is 1. The lowest BCUT2D eigenvalue weighted by Gasteiger charge is -2.39. The molecule has 1 atom stereocenters. The fourth-order valence-corrected chi connectivity index (χ4v) is 3.66. The second-order valence-electron chi connectivity index (χ2n) is 7.44. The number of hydrogen-bond acceptors (Lipinski definition) is 4. The number of rotatable bonds is 5. The van der Waals surface area contributed by atoms with Crippen LogP contribution < -0.4 is 0 Å². The lowest BCUT2D eigenvalue weighted by Crippen LogP contribution is -2.52. The summed E-state index contributed by atoms with van der Waals surface area (Å²) in [5.74, 6) is 1.29. The van der Waals surface area contributed by atoms with E-state index in [1.807, 2.05) is 11.8 Å². The van der Waals surface area contributed by atoms with Crippen LogP contribution in [0.5, 0.6) is 0 Å². The van der Waals surface area contributed by atoms with E-state index in [1.54, 1.807) is 0 Å². The van der Waals surface area contributed by atoms with Crippen LogP contribution in [0.2, 0.25) is 0 Å². The van der Waals surface area contributed by atoms with Crippen molar-refractivity contribution >= 4 is 5.91 Å². The zero-order valence-corrected chi connectivity index (χ0v) is 14.5. The molecule has 2 heterocycles. The summed E-state index contributed by atoms with van der Waals surface area (Å²) in [6, 6.07) is 0. The molecule has 0 aromatic carbocycles. The first kappa shape index (κ1) is 17.7. The average molecular weight is 311 g/mol. The van der Waals surface area contributed by atoms with Gasteiger partial charge >= 0.3 is 0 Å². The van der Waals surface area contributed by atoms with Crippen LogP contribution in [0.4, 0.5) is 0 Å². The number of β-amino-alcohol motifs (C(OH)–C–C–N with tert-alkyl or cyclic N) is 1. The van der Waals surface area contributed by atoms with Crippen LogP contribution in [0, 0.1) is 11.8 Å². The normalized spacial score (nSPS) is 24.0. The van der Waals surface area contributed by atoms with Gasteiger partial charge in [-0.2, -0.15) is 0 Å². The van der Waals surface area contributed by atoms with Crippen molar-refractivity contribution in [3.63, 3.8) is 0 Å². The number of carbonyl (C=O) groups excluding carboxylic acids is 1. The van der Waals surface area contributed by atoms with Crippen LogP contribution in [-0.4, -0.2) is 84.2 Å². The van der Waals surface area contributed by atoms with Gasteiger partial charge in [0.25, 0.3) is 0 Å². The third-order valence-corrected chi connectivity index (χ3v) is 4.77. The zero-order chi connectivity index (χ0) is 16.1. The fraction of sp³-hybridized carbons (Fsp3) is 0.941. The van der Waals surface area contributed by atoms with Crippen molar-refractivity contribution in [3.05, 3.63) is 0 Å². The van der Waals surface area contributed by atoms with Crippen LogP contribution in [0.1, 0.15) is 33.6 Å². The van der Waals surface area contributed by atoms with Crippen molar-refractivity contribution in [1.82, 2.24) is 14.7 Å². The Labute approximate surface area is 135 Å². The maximum absolute atomic E-state index is 12.7. The number of carbonyl (C=O) groups is 1. The highest BCUT2D eigenvalue weighted by atomic mass is 16.3. The lowest BCUT2D eigenvalue weighted by molar-refractivity contribution is -0.139. The summed E-state index contributed by atoms with van der Waals surface area (Å²) >= 11 is 0. The molecule has 0 unspecified atom stereocenters. The van der Waals surface area contributed by atoms with Crippen molar-refractivity contribution in [1.29, 1.82) is 0 Å². The minimum absolute atomic E-state index is 0.228. The number of likely N-dealkylation sites (tertiary alicyclic amines) is 1. The minimum atomic E-state index is -0.285. The molecule has 5 nitrogen and oxygen atoms in total. The van der Waals surface area contributed by atoms with Gasteiger partial charge in [-0.25, -0.2) is 0 Å². The molecule has 0 aromatic rings. The second kappa shape index (κ2) is 8.27. The van der Waals surface area contributed by atoms with Crippen molar-refractivity contribution in [2.45, 2.75) is 39.7 Å². The number of aliphatic hydroxyl groups excluding tert-OH is 1. The number of nitrogens with zero attached hydrogens (tertiary/aromatic N) is 3. The standard InChI is InChI=1S/C17H33N3O2/c1-14(2)12-18-6-4-16(5-7-18)17(22)20-10-8-19(9-11-20)13-15(3)21/h14-16,21H,4-13H2,1-3H3/t15-/m0/s1. The summed E-state index contributed by atoms with van der Waals surface area (Å²) < 4.78 is 0. The fourth-order valence-electron chi connectivity index (χ4n) is 3.66. The van der Waals surface area contributed by atoms with Crippen LogP contribution in [-0.2, 0) is 4.79 Å². The molecular formula is C17H33N3O2. The molecule has 2 saturated heterocycles. The van der Waals surface area contributed by atoms with E-state index in [2.05, 4.69) is 23.6 Å². The van der Waals surface area contributed by atoms with E-state index in [0.717, 1.165) is 65.2 Å². The highest BCUT2D eigenvalue weighted by molar-refractivity contribution is 5.79. The van der Waals surface area contributed by atoms with Crippen molar-refractivity contribution in [2.75, 3.05) is 52.4 Å². The molecule has 0 aromatic heterocycles. The number of aliphatic hydroxyl groups is 1. The number of piperidine rings is 1. The molecule has 2 rings (SSSR count). The first-order valence-corrected chi connectivity index (χ1v) is 8.87. The van der Waals surface area contributed by atoms with Gasteiger partial charge in [-0.05, 0) is 38.8 Å². The molecule has 2 fully saturated rings. The molecule has 5 heteroatoms. The summed E-state index contributed by atoms with van der Waals surface area (Å²) in [6.07, 6.45) is 1.74. The summed E-state index contributed by atoms with van der Waals surface area (Å²) in [7, 11) is 0. The molecule has 0 aliphatic carbocycles. The van der Waals surface area contributed by atoms with Gasteiger partial charge < -0.3 is 14.9 Å². The predicted octanol–water partition coefficient (Wildman–Crippen LogP) is 0.879. The molecule has 1 amide bonds. The van der Waals surface area contributed by atoms with E-state index in [1.165, 1.54) is 0 Å². The monoisotopic (exact) mass is 311 g/mol. The number of hydrogen-bond donors (Lipinski definition) is 1. The highest BCUT2D eigenvalue weighted by Gasteiger charge is 2.30. The van der Waals surface area contributed by atoms with Gasteiger partial charge in [-0.3, -0.25) is 9.69 Å². The van der Waals surface area contributed by atoms with Gasteiger partial charge in [-0.1, -0.05) is 13.8 Å². The quantitative estimate of drug-likeness (QED) is 0.819. The van der Waals surface area contributed by atoms with E-state index >= 15 is 0 Å². The molecule has 2 aliphatic rings. The molecule has 0 bridgehead atoms. The first-order chi connectivity index (χ1) is 10.5. The Bertz CT molecular complexity index is 312. The van der Waals surface area contributed by atoms with Gasteiger partial charge in [-0.15, -0.1) is 0 Å². The Hall–Kier alpha value is -0.650. The highest BCUT2D eigenvalue weighted by Crippen LogP contribution is 2.21. The lowest BCUT2D eigenvalue weighted by atomic mass is 9.94. The van der Waals surface area contributed by atoms with Crippen LogP contribution in [0.3, 0.4) is 0 Å². The Balaban J connectivity index is 1.72. The predicted molar refractivity (Wildman–Crippen MR) is 88.7 cm³/mol.